The van der Waals surface area contributed by atoms with Crippen LogP contribution in [0.4, 0.5) is 14.9 Å². The van der Waals surface area contributed by atoms with E-state index in [1.54, 1.807) is 18.2 Å². The minimum Gasteiger partial charge on any atom is -0.330 e. The molecule has 2 N–H and O–H groups in total. The molecule has 2 rings (SSSR count). The van der Waals surface area contributed by atoms with Crippen molar-refractivity contribution < 1.29 is 9.18 Å². The third kappa shape index (κ3) is 3.94. The first-order valence-electron chi connectivity index (χ1n) is 7.64. The standard InChI is InChI=1S/C16H24FN3O/c1-13-6-4-10-19(12-13)16(21)20(11-5-9-18)15-8-3-2-7-14(15)17/h2-3,7-8,13H,4-6,9-12,18H2,1H3. The van der Waals surface area contributed by atoms with Gasteiger partial charge < -0.3 is 10.6 Å². The van der Waals surface area contributed by atoms with Crippen LogP contribution in [0.15, 0.2) is 24.3 Å². The second-order valence-electron chi connectivity index (χ2n) is 5.72. The van der Waals surface area contributed by atoms with Gasteiger partial charge in [-0.25, -0.2) is 9.18 Å². The average molecular weight is 293 g/mol. The van der Waals surface area contributed by atoms with Gasteiger partial charge in [-0.15, -0.1) is 0 Å². The molecule has 0 saturated carbocycles. The van der Waals surface area contributed by atoms with Gasteiger partial charge in [0.25, 0.3) is 0 Å². The fourth-order valence-corrected chi connectivity index (χ4v) is 2.77. The Balaban J connectivity index is 2.19. The van der Waals surface area contributed by atoms with Crippen LogP contribution < -0.4 is 10.6 Å². The van der Waals surface area contributed by atoms with Crippen LogP contribution in [0.3, 0.4) is 0 Å². The molecule has 0 spiro atoms. The third-order valence-electron chi connectivity index (χ3n) is 3.89. The Labute approximate surface area is 125 Å². The maximum atomic E-state index is 14.0. The molecule has 1 aromatic rings. The zero-order valence-electron chi connectivity index (χ0n) is 12.6. The van der Waals surface area contributed by atoms with Crippen molar-refractivity contribution in [2.45, 2.75) is 26.2 Å². The number of hydrogen-bond acceptors (Lipinski definition) is 2. The van der Waals surface area contributed by atoms with Gasteiger partial charge in [0.2, 0.25) is 0 Å². The second kappa shape index (κ2) is 7.41. The van der Waals surface area contributed by atoms with Crippen LogP contribution in [-0.2, 0) is 0 Å². The fourth-order valence-electron chi connectivity index (χ4n) is 2.77. The number of carbonyl (C=O) groups is 1. The lowest BCUT2D eigenvalue weighted by molar-refractivity contribution is 0.175. The highest BCUT2D eigenvalue weighted by Gasteiger charge is 2.27. The minimum atomic E-state index is -0.368. The predicted molar refractivity (Wildman–Crippen MR) is 82.8 cm³/mol. The molecule has 2 amide bonds. The molecule has 0 bridgehead atoms. The van der Waals surface area contributed by atoms with E-state index in [0.717, 1.165) is 25.9 Å². The quantitative estimate of drug-likeness (QED) is 0.928. The van der Waals surface area contributed by atoms with Crippen LogP contribution in [0.25, 0.3) is 0 Å². The Bertz CT molecular complexity index is 480. The van der Waals surface area contributed by atoms with Crippen LogP contribution in [0, 0.1) is 11.7 Å². The zero-order valence-corrected chi connectivity index (χ0v) is 12.6. The number of hydrogen-bond donors (Lipinski definition) is 1. The van der Waals surface area contributed by atoms with E-state index >= 15 is 0 Å². The lowest BCUT2D eigenvalue weighted by Crippen LogP contribution is -2.48. The first-order chi connectivity index (χ1) is 10.1. The molecular formula is C16H24FN3O. The van der Waals surface area contributed by atoms with Gasteiger partial charge in [0.15, 0.2) is 0 Å². The van der Waals surface area contributed by atoms with Crippen molar-refractivity contribution in [1.82, 2.24) is 4.90 Å². The van der Waals surface area contributed by atoms with Crippen LogP contribution >= 0.6 is 0 Å². The molecule has 0 aliphatic carbocycles. The molecule has 1 unspecified atom stereocenters. The van der Waals surface area contributed by atoms with E-state index in [1.165, 1.54) is 11.0 Å². The molecule has 1 saturated heterocycles. The molecule has 5 heteroatoms. The Hall–Kier alpha value is -1.62. The largest absolute Gasteiger partial charge is 0.330 e. The number of anilines is 1. The SMILES string of the molecule is CC1CCCN(C(=O)N(CCCN)c2ccccc2F)C1. The van der Waals surface area contributed by atoms with E-state index in [9.17, 15) is 9.18 Å². The molecule has 1 atom stereocenters. The van der Waals surface area contributed by atoms with Crippen molar-refractivity contribution >= 4 is 11.7 Å². The highest BCUT2D eigenvalue weighted by Crippen LogP contribution is 2.23. The number of nitrogens with zero attached hydrogens (tertiary/aromatic N) is 2. The molecule has 0 aromatic heterocycles. The molecule has 0 radical (unpaired) electrons. The topological polar surface area (TPSA) is 49.6 Å². The minimum absolute atomic E-state index is 0.111. The molecule has 116 valence electrons. The number of piperidine rings is 1. The van der Waals surface area contributed by atoms with E-state index in [2.05, 4.69) is 6.92 Å². The van der Waals surface area contributed by atoms with Crippen LogP contribution in [0.2, 0.25) is 0 Å². The van der Waals surface area contributed by atoms with E-state index in [-0.39, 0.29) is 11.8 Å². The number of nitrogens with two attached hydrogens (primary N) is 1. The average Bonchev–Trinajstić information content (AvgIpc) is 2.49. The summed E-state index contributed by atoms with van der Waals surface area (Å²) in [6, 6.07) is 6.31. The summed E-state index contributed by atoms with van der Waals surface area (Å²) in [5.74, 6) is 0.132. The summed E-state index contributed by atoms with van der Waals surface area (Å²) in [7, 11) is 0. The number of carbonyl (C=O) groups excluding carboxylic acids is 1. The van der Waals surface area contributed by atoms with Gasteiger partial charge in [-0.3, -0.25) is 4.90 Å². The summed E-state index contributed by atoms with van der Waals surface area (Å²) < 4.78 is 14.0. The Morgan fingerprint density at radius 3 is 2.90 bits per heavy atom. The molecule has 1 aromatic carbocycles. The molecule has 21 heavy (non-hydrogen) atoms. The first kappa shape index (κ1) is 15.8. The first-order valence-corrected chi connectivity index (χ1v) is 7.64. The lowest BCUT2D eigenvalue weighted by atomic mass is 10.0. The van der Waals surface area contributed by atoms with E-state index in [1.807, 2.05) is 4.90 Å². The van der Waals surface area contributed by atoms with Crippen LogP contribution in [0.5, 0.6) is 0 Å². The van der Waals surface area contributed by atoms with Gasteiger partial charge in [-0.05, 0) is 43.9 Å². The Morgan fingerprint density at radius 1 is 1.48 bits per heavy atom. The predicted octanol–water partition coefficient (Wildman–Crippen LogP) is 2.83. The van der Waals surface area contributed by atoms with Crippen molar-refractivity contribution in [2.75, 3.05) is 31.1 Å². The number of urea groups is 1. The van der Waals surface area contributed by atoms with E-state index < -0.39 is 0 Å². The van der Waals surface area contributed by atoms with Gasteiger partial charge >= 0.3 is 6.03 Å². The maximum Gasteiger partial charge on any atom is 0.324 e. The third-order valence-corrected chi connectivity index (χ3v) is 3.89. The summed E-state index contributed by atoms with van der Waals surface area (Å²) in [5.41, 5.74) is 5.89. The van der Waals surface area contributed by atoms with Gasteiger partial charge in [0, 0.05) is 19.6 Å². The normalized spacial score (nSPS) is 18.6. The highest BCUT2D eigenvalue weighted by atomic mass is 19.1. The van der Waals surface area contributed by atoms with Crippen molar-refractivity contribution in [2.24, 2.45) is 11.7 Å². The monoisotopic (exact) mass is 293 g/mol. The summed E-state index contributed by atoms with van der Waals surface area (Å²) in [5, 5.41) is 0. The second-order valence-corrected chi connectivity index (χ2v) is 5.72. The summed E-state index contributed by atoms with van der Waals surface area (Å²) in [6.07, 6.45) is 2.81. The Kier molecular flexibility index (Phi) is 5.56. The molecule has 1 fully saturated rings. The molecule has 1 aliphatic heterocycles. The van der Waals surface area contributed by atoms with Crippen molar-refractivity contribution in [3.8, 4) is 0 Å². The van der Waals surface area contributed by atoms with Gasteiger partial charge in [-0.2, -0.15) is 0 Å². The number of likely N-dealkylation sites (tertiary alicyclic amines) is 1. The van der Waals surface area contributed by atoms with E-state index in [0.29, 0.717) is 31.1 Å². The number of rotatable bonds is 4. The maximum absolute atomic E-state index is 14.0. The number of amides is 2. The van der Waals surface area contributed by atoms with Crippen molar-refractivity contribution in [3.63, 3.8) is 0 Å². The van der Waals surface area contributed by atoms with Gasteiger partial charge in [0.05, 0.1) is 5.69 Å². The molecule has 1 heterocycles. The van der Waals surface area contributed by atoms with Crippen molar-refractivity contribution in [3.05, 3.63) is 30.1 Å². The summed E-state index contributed by atoms with van der Waals surface area (Å²) in [6.45, 7) is 4.56. The molecule has 4 nitrogen and oxygen atoms in total. The van der Waals surface area contributed by atoms with Gasteiger partial charge in [0.1, 0.15) is 5.82 Å². The number of halogens is 1. The molecule has 1 aliphatic rings. The fraction of sp³-hybridized carbons (Fsp3) is 0.562. The lowest BCUT2D eigenvalue weighted by Gasteiger charge is -2.35. The van der Waals surface area contributed by atoms with Crippen LogP contribution in [-0.4, -0.2) is 37.1 Å². The summed E-state index contributed by atoms with van der Waals surface area (Å²) in [4.78, 5) is 16.1. The van der Waals surface area contributed by atoms with E-state index in [4.69, 9.17) is 5.73 Å². The zero-order chi connectivity index (χ0) is 15.2. The Morgan fingerprint density at radius 2 is 2.24 bits per heavy atom. The summed E-state index contributed by atoms with van der Waals surface area (Å²) >= 11 is 0. The highest BCUT2D eigenvalue weighted by molar-refractivity contribution is 5.92. The number of benzene rings is 1. The van der Waals surface area contributed by atoms with Crippen LogP contribution in [0.1, 0.15) is 26.2 Å². The van der Waals surface area contributed by atoms with Gasteiger partial charge in [-0.1, -0.05) is 19.1 Å². The number of para-hydroxylation sites is 1. The smallest absolute Gasteiger partial charge is 0.324 e. The molecular weight excluding hydrogens is 269 g/mol. The van der Waals surface area contributed by atoms with Crippen molar-refractivity contribution in [1.29, 1.82) is 0 Å².